The van der Waals surface area contributed by atoms with Crippen LogP contribution in [0.2, 0.25) is 0 Å². The van der Waals surface area contributed by atoms with Crippen molar-refractivity contribution in [3.63, 3.8) is 0 Å². The van der Waals surface area contributed by atoms with E-state index in [2.05, 4.69) is 34.8 Å². The highest BCUT2D eigenvalue weighted by molar-refractivity contribution is 6.12. The van der Waals surface area contributed by atoms with Gasteiger partial charge in [0.05, 0.1) is 5.71 Å². The van der Waals surface area contributed by atoms with E-state index in [4.69, 9.17) is 10.6 Å². The normalized spacial score (nSPS) is 12.0. The smallest absolute Gasteiger partial charge is 0.331 e. The van der Waals surface area contributed by atoms with E-state index in [1.807, 2.05) is 25.1 Å². The number of rotatable bonds is 7. The largest absolute Gasteiger partial charge is 0.399 e. The van der Waals surface area contributed by atoms with Gasteiger partial charge in [0.2, 0.25) is 0 Å². The van der Waals surface area contributed by atoms with Crippen LogP contribution in [-0.2, 0) is 16.2 Å². The molecule has 1 heterocycles. The minimum atomic E-state index is -0.424. The Balaban J connectivity index is 2.07. The molecule has 0 spiro atoms. The summed E-state index contributed by atoms with van der Waals surface area (Å²) in [6.45, 7) is 6.39. The summed E-state index contributed by atoms with van der Waals surface area (Å²) in [5.74, 6) is -0.424. The monoisotopic (exact) mass is 365 g/mol. The number of hydrogen-bond donors (Lipinski definition) is 1. The average Bonchev–Trinajstić information content (AvgIpc) is 2.95. The van der Waals surface area contributed by atoms with Crippen LogP contribution < -0.4 is 5.73 Å². The van der Waals surface area contributed by atoms with Gasteiger partial charge in [0.25, 0.3) is 0 Å². The second-order valence-corrected chi connectivity index (χ2v) is 6.98. The number of fused-ring (bicyclic) bond motifs is 3. The lowest BCUT2D eigenvalue weighted by molar-refractivity contribution is -0.140. The molecule has 0 amide bonds. The van der Waals surface area contributed by atoms with E-state index in [-0.39, 0.29) is 0 Å². The van der Waals surface area contributed by atoms with Crippen LogP contribution in [-0.4, -0.2) is 16.2 Å². The summed E-state index contributed by atoms with van der Waals surface area (Å²) in [5.41, 5.74) is 10.8. The van der Waals surface area contributed by atoms with E-state index in [1.54, 1.807) is 0 Å². The van der Waals surface area contributed by atoms with Crippen molar-refractivity contribution >= 4 is 39.2 Å². The number of unbranched alkanes of at least 4 members (excludes halogenated alkanes) is 3. The first-order valence-corrected chi connectivity index (χ1v) is 9.55. The van der Waals surface area contributed by atoms with E-state index in [9.17, 15) is 4.79 Å². The molecule has 5 heteroatoms. The summed E-state index contributed by atoms with van der Waals surface area (Å²) in [4.78, 5) is 15.8. The number of carbonyl (C=O) groups is 1. The molecule has 0 radical (unpaired) electrons. The predicted molar refractivity (Wildman–Crippen MR) is 112 cm³/mol. The minimum Gasteiger partial charge on any atom is -0.399 e. The van der Waals surface area contributed by atoms with Gasteiger partial charge in [-0.15, -0.1) is 0 Å². The SMILES string of the molecule is CCCCCCn1c2ccc(N)cc2c2cc(/C(C)=N/OC(C)=O)ccc21. The van der Waals surface area contributed by atoms with Gasteiger partial charge < -0.3 is 15.1 Å². The molecule has 3 rings (SSSR count). The number of nitrogen functional groups attached to an aromatic ring is 1. The summed E-state index contributed by atoms with van der Waals surface area (Å²) in [7, 11) is 0. The molecule has 0 saturated heterocycles. The number of nitrogens with zero attached hydrogens (tertiary/aromatic N) is 2. The maximum atomic E-state index is 11.0. The third kappa shape index (κ3) is 4.13. The number of oxime groups is 1. The van der Waals surface area contributed by atoms with Gasteiger partial charge in [-0.25, -0.2) is 4.79 Å². The van der Waals surface area contributed by atoms with Gasteiger partial charge in [0.1, 0.15) is 0 Å². The number of anilines is 1. The number of carbonyl (C=O) groups excluding carboxylic acids is 1. The van der Waals surface area contributed by atoms with E-state index in [0.29, 0.717) is 5.71 Å². The molecule has 0 fully saturated rings. The Bertz CT molecular complexity index is 1000. The van der Waals surface area contributed by atoms with E-state index in [1.165, 1.54) is 37.2 Å². The highest BCUT2D eigenvalue weighted by atomic mass is 16.7. The van der Waals surface area contributed by atoms with Gasteiger partial charge in [-0.3, -0.25) is 0 Å². The van der Waals surface area contributed by atoms with Crippen LogP contribution in [0.5, 0.6) is 0 Å². The van der Waals surface area contributed by atoms with Crippen molar-refractivity contribution in [2.24, 2.45) is 5.16 Å². The van der Waals surface area contributed by atoms with E-state index in [0.717, 1.165) is 35.0 Å². The van der Waals surface area contributed by atoms with Gasteiger partial charge in [0.15, 0.2) is 0 Å². The number of hydrogen-bond acceptors (Lipinski definition) is 4. The molecule has 0 aliphatic heterocycles. The van der Waals surface area contributed by atoms with Crippen molar-refractivity contribution in [1.82, 2.24) is 4.57 Å². The lowest BCUT2D eigenvalue weighted by Gasteiger charge is -2.08. The third-order valence-corrected chi connectivity index (χ3v) is 4.85. The van der Waals surface area contributed by atoms with Gasteiger partial charge in [0, 0.05) is 41.0 Å². The number of aromatic nitrogens is 1. The molecule has 0 atom stereocenters. The molecule has 0 unspecified atom stereocenters. The van der Waals surface area contributed by atoms with Crippen molar-refractivity contribution in [1.29, 1.82) is 0 Å². The van der Waals surface area contributed by atoms with Gasteiger partial charge in [-0.2, -0.15) is 0 Å². The van der Waals surface area contributed by atoms with Crippen LogP contribution >= 0.6 is 0 Å². The molecule has 142 valence electrons. The zero-order valence-electron chi connectivity index (χ0n) is 16.3. The number of nitrogens with two attached hydrogens (primary N) is 1. The van der Waals surface area contributed by atoms with Crippen LogP contribution in [0.15, 0.2) is 41.6 Å². The van der Waals surface area contributed by atoms with Crippen molar-refractivity contribution in [2.75, 3.05) is 5.73 Å². The number of benzene rings is 2. The van der Waals surface area contributed by atoms with Crippen LogP contribution in [0, 0.1) is 0 Å². The maximum Gasteiger partial charge on any atom is 0.331 e. The van der Waals surface area contributed by atoms with Crippen molar-refractivity contribution < 1.29 is 9.63 Å². The molecular weight excluding hydrogens is 338 g/mol. The molecule has 5 nitrogen and oxygen atoms in total. The van der Waals surface area contributed by atoms with Crippen molar-refractivity contribution in [2.45, 2.75) is 53.0 Å². The van der Waals surface area contributed by atoms with Crippen molar-refractivity contribution in [3.8, 4) is 0 Å². The number of aryl methyl sites for hydroxylation is 1. The highest BCUT2D eigenvalue weighted by Crippen LogP contribution is 2.32. The van der Waals surface area contributed by atoms with Gasteiger partial charge >= 0.3 is 5.97 Å². The fourth-order valence-electron chi connectivity index (χ4n) is 3.47. The Morgan fingerprint density at radius 1 is 1.04 bits per heavy atom. The van der Waals surface area contributed by atoms with Gasteiger partial charge in [-0.05, 0) is 49.2 Å². The first kappa shape index (κ1) is 19.0. The Kier molecular flexibility index (Phi) is 5.79. The molecule has 0 bridgehead atoms. The van der Waals surface area contributed by atoms with Crippen LogP contribution in [0.25, 0.3) is 21.8 Å². The van der Waals surface area contributed by atoms with Crippen molar-refractivity contribution in [3.05, 3.63) is 42.0 Å². The lowest BCUT2D eigenvalue weighted by atomic mass is 10.1. The fraction of sp³-hybridized carbons (Fsp3) is 0.364. The summed E-state index contributed by atoms with van der Waals surface area (Å²) >= 11 is 0. The zero-order chi connectivity index (χ0) is 19.4. The molecule has 0 aliphatic carbocycles. The highest BCUT2D eigenvalue weighted by Gasteiger charge is 2.12. The minimum absolute atomic E-state index is 0.424. The molecule has 2 N–H and O–H groups in total. The van der Waals surface area contributed by atoms with Crippen LogP contribution in [0.3, 0.4) is 0 Å². The fourth-order valence-corrected chi connectivity index (χ4v) is 3.47. The summed E-state index contributed by atoms with van der Waals surface area (Å²) in [5, 5.41) is 6.19. The van der Waals surface area contributed by atoms with Crippen LogP contribution in [0.1, 0.15) is 52.0 Å². The first-order chi connectivity index (χ1) is 13.0. The Hall–Kier alpha value is -2.82. The van der Waals surface area contributed by atoms with E-state index >= 15 is 0 Å². The molecule has 27 heavy (non-hydrogen) atoms. The summed E-state index contributed by atoms with van der Waals surface area (Å²) < 4.78 is 2.38. The third-order valence-electron chi connectivity index (χ3n) is 4.85. The Morgan fingerprint density at radius 3 is 2.44 bits per heavy atom. The summed E-state index contributed by atoms with van der Waals surface area (Å²) in [6, 6.07) is 12.3. The summed E-state index contributed by atoms with van der Waals surface area (Å²) in [6.07, 6.45) is 4.89. The Labute approximate surface area is 159 Å². The van der Waals surface area contributed by atoms with E-state index < -0.39 is 5.97 Å². The molecule has 3 aromatic rings. The first-order valence-electron chi connectivity index (χ1n) is 9.55. The molecule has 0 aliphatic rings. The molecule has 2 aromatic carbocycles. The second kappa shape index (κ2) is 8.25. The molecular formula is C22H27N3O2. The second-order valence-electron chi connectivity index (χ2n) is 6.98. The topological polar surface area (TPSA) is 69.6 Å². The standard InChI is InChI=1S/C22H27N3O2/c1-4-5-6-7-12-25-21-10-8-17(15(2)24-27-16(3)26)13-19(21)20-14-18(23)9-11-22(20)25/h8-11,13-14H,4-7,12,23H2,1-3H3/b24-15+. The van der Waals surface area contributed by atoms with Gasteiger partial charge in [-0.1, -0.05) is 37.4 Å². The van der Waals surface area contributed by atoms with Crippen LogP contribution in [0.4, 0.5) is 5.69 Å². The average molecular weight is 365 g/mol. The Morgan fingerprint density at radius 2 is 1.74 bits per heavy atom. The predicted octanol–water partition coefficient (Wildman–Crippen LogP) is 5.24. The maximum absolute atomic E-state index is 11.0. The zero-order valence-corrected chi connectivity index (χ0v) is 16.3. The lowest BCUT2D eigenvalue weighted by Crippen LogP contribution is -2.00. The quantitative estimate of drug-likeness (QED) is 0.204. The molecule has 1 aromatic heterocycles. The molecule has 0 saturated carbocycles.